The fourth-order valence-corrected chi connectivity index (χ4v) is 2.15. The van der Waals surface area contributed by atoms with E-state index in [0.717, 1.165) is 11.1 Å². The molecule has 0 heterocycles. The van der Waals surface area contributed by atoms with E-state index in [2.05, 4.69) is 5.32 Å². The van der Waals surface area contributed by atoms with Crippen molar-refractivity contribution in [3.05, 3.63) is 34.9 Å². The van der Waals surface area contributed by atoms with Gasteiger partial charge in [-0.3, -0.25) is 4.79 Å². The molecular weight excluding hydrogens is 242 g/mol. The Bertz CT molecular complexity index is 437. The minimum atomic E-state index is -0.558. The summed E-state index contributed by atoms with van der Waals surface area (Å²) in [5.74, 6) is -0.134. The van der Waals surface area contributed by atoms with Gasteiger partial charge in [-0.05, 0) is 38.8 Å². The van der Waals surface area contributed by atoms with Gasteiger partial charge in [0.25, 0.3) is 5.91 Å². The normalized spacial score (nSPS) is 13.9. The maximum atomic E-state index is 12.3. The summed E-state index contributed by atoms with van der Waals surface area (Å²) in [6.07, 6.45) is 0.456. The van der Waals surface area contributed by atoms with Crippen LogP contribution >= 0.6 is 0 Å². The highest BCUT2D eigenvalue weighted by atomic mass is 16.5. The first-order valence-electron chi connectivity index (χ1n) is 6.41. The molecule has 0 aliphatic rings. The number of aliphatic hydroxyl groups excluding tert-OH is 1. The van der Waals surface area contributed by atoms with Crippen LogP contribution in [0.15, 0.2) is 18.2 Å². The summed E-state index contributed by atoms with van der Waals surface area (Å²) in [5.41, 5.74) is 2.17. The molecule has 4 nitrogen and oxygen atoms in total. The topological polar surface area (TPSA) is 58.6 Å². The molecule has 1 rings (SSSR count). The zero-order valence-electron chi connectivity index (χ0n) is 12.1. The molecule has 2 N–H and O–H groups in total. The zero-order chi connectivity index (χ0) is 14.5. The molecule has 106 valence electrons. The first kappa shape index (κ1) is 15.7. The lowest BCUT2D eigenvalue weighted by Gasteiger charge is -2.29. The second kappa shape index (κ2) is 6.68. The molecule has 0 saturated carbocycles. The second-order valence-corrected chi connectivity index (χ2v) is 5.24. The van der Waals surface area contributed by atoms with Crippen LogP contribution in [0.2, 0.25) is 0 Å². The minimum absolute atomic E-state index is 0.00696. The number of hydrogen-bond donors (Lipinski definition) is 2. The number of carbonyl (C=O) groups is 1. The third kappa shape index (κ3) is 4.33. The lowest BCUT2D eigenvalue weighted by atomic mass is 9.97. The van der Waals surface area contributed by atoms with Crippen LogP contribution in [0.5, 0.6) is 0 Å². The third-order valence-electron chi connectivity index (χ3n) is 3.17. The molecule has 0 aliphatic carbocycles. The molecule has 0 aromatic heterocycles. The van der Waals surface area contributed by atoms with E-state index in [1.54, 1.807) is 7.11 Å². The monoisotopic (exact) mass is 265 g/mol. The molecule has 1 atom stereocenters. The van der Waals surface area contributed by atoms with Crippen LogP contribution in [0.1, 0.15) is 34.8 Å². The maximum Gasteiger partial charge on any atom is 0.252 e. The Balaban J connectivity index is 2.87. The molecule has 1 amide bonds. The summed E-state index contributed by atoms with van der Waals surface area (Å²) >= 11 is 0. The van der Waals surface area contributed by atoms with Gasteiger partial charge < -0.3 is 15.2 Å². The first-order valence-corrected chi connectivity index (χ1v) is 6.41. The number of benzene rings is 1. The van der Waals surface area contributed by atoms with Crippen LogP contribution in [0.25, 0.3) is 0 Å². The summed E-state index contributed by atoms with van der Waals surface area (Å²) in [4.78, 5) is 12.3. The Kier molecular flexibility index (Phi) is 5.51. The van der Waals surface area contributed by atoms with Gasteiger partial charge in [0.1, 0.15) is 0 Å². The Morgan fingerprint density at radius 2 is 2.11 bits per heavy atom. The van der Waals surface area contributed by atoms with Crippen LogP contribution in [0.3, 0.4) is 0 Å². The van der Waals surface area contributed by atoms with Crippen molar-refractivity contribution in [1.29, 1.82) is 0 Å². The highest BCUT2D eigenvalue weighted by molar-refractivity contribution is 5.96. The Morgan fingerprint density at radius 1 is 1.42 bits per heavy atom. The lowest BCUT2D eigenvalue weighted by molar-refractivity contribution is 0.0725. The second-order valence-electron chi connectivity index (χ2n) is 5.24. The number of amides is 1. The number of ether oxygens (including phenoxy) is 1. The van der Waals surface area contributed by atoms with Crippen molar-refractivity contribution < 1.29 is 14.6 Å². The maximum absolute atomic E-state index is 12.3. The average molecular weight is 265 g/mol. The summed E-state index contributed by atoms with van der Waals surface area (Å²) in [7, 11) is 1.58. The summed E-state index contributed by atoms with van der Waals surface area (Å²) in [6, 6.07) is 5.72. The van der Waals surface area contributed by atoms with Gasteiger partial charge in [0, 0.05) is 19.3 Å². The number of methoxy groups -OCH3 is 1. The molecule has 0 aliphatic heterocycles. The zero-order valence-corrected chi connectivity index (χ0v) is 12.1. The Morgan fingerprint density at radius 3 is 2.63 bits per heavy atom. The standard InChI is InChI=1S/C15H23NO3/c1-11-5-6-13(12(2)9-11)14(18)16-15(3,7-8-17)10-19-4/h5-6,9,17H,7-8,10H2,1-4H3,(H,16,18). The number of carbonyl (C=O) groups excluding carboxylic acids is 1. The van der Waals surface area contributed by atoms with Crippen LogP contribution in [-0.4, -0.2) is 36.9 Å². The van der Waals surface area contributed by atoms with E-state index >= 15 is 0 Å². The smallest absolute Gasteiger partial charge is 0.252 e. The molecule has 1 aromatic rings. The van der Waals surface area contributed by atoms with Gasteiger partial charge in [-0.2, -0.15) is 0 Å². The molecule has 1 unspecified atom stereocenters. The first-order chi connectivity index (χ1) is 8.91. The van der Waals surface area contributed by atoms with Gasteiger partial charge in [-0.1, -0.05) is 17.7 Å². The lowest BCUT2D eigenvalue weighted by Crippen LogP contribution is -2.50. The number of nitrogens with one attached hydrogen (secondary N) is 1. The van der Waals surface area contributed by atoms with Gasteiger partial charge >= 0.3 is 0 Å². The minimum Gasteiger partial charge on any atom is -0.396 e. The number of hydrogen-bond acceptors (Lipinski definition) is 3. The van der Waals surface area contributed by atoms with E-state index in [0.29, 0.717) is 18.6 Å². The number of aliphatic hydroxyl groups is 1. The Hall–Kier alpha value is -1.39. The number of rotatable bonds is 6. The summed E-state index contributed by atoms with van der Waals surface area (Å²) in [6.45, 7) is 6.16. The SMILES string of the molecule is COCC(C)(CCO)NC(=O)c1ccc(C)cc1C. The summed E-state index contributed by atoms with van der Waals surface area (Å²) < 4.78 is 5.12. The van der Waals surface area contributed by atoms with E-state index in [9.17, 15) is 4.79 Å². The number of aryl methyl sites for hydroxylation is 2. The fourth-order valence-electron chi connectivity index (χ4n) is 2.15. The van der Waals surface area contributed by atoms with Crippen molar-refractivity contribution in [3.8, 4) is 0 Å². The van der Waals surface area contributed by atoms with Crippen molar-refractivity contribution in [2.45, 2.75) is 32.7 Å². The molecule has 0 radical (unpaired) electrons. The molecule has 19 heavy (non-hydrogen) atoms. The Labute approximate surface area is 114 Å². The largest absolute Gasteiger partial charge is 0.396 e. The predicted molar refractivity (Wildman–Crippen MR) is 75.4 cm³/mol. The third-order valence-corrected chi connectivity index (χ3v) is 3.17. The van der Waals surface area contributed by atoms with Gasteiger partial charge in [0.15, 0.2) is 0 Å². The van der Waals surface area contributed by atoms with Crippen molar-refractivity contribution in [2.24, 2.45) is 0 Å². The van der Waals surface area contributed by atoms with E-state index < -0.39 is 5.54 Å². The van der Waals surface area contributed by atoms with Gasteiger partial charge in [-0.15, -0.1) is 0 Å². The molecule has 0 spiro atoms. The van der Waals surface area contributed by atoms with E-state index in [-0.39, 0.29) is 12.5 Å². The van der Waals surface area contributed by atoms with E-state index in [4.69, 9.17) is 9.84 Å². The van der Waals surface area contributed by atoms with Crippen molar-refractivity contribution >= 4 is 5.91 Å². The van der Waals surface area contributed by atoms with E-state index in [1.807, 2.05) is 39.0 Å². The van der Waals surface area contributed by atoms with Gasteiger partial charge in [0.05, 0.1) is 12.1 Å². The van der Waals surface area contributed by atoms with Crippen molar-refractivity contribution in [1.82, 2.24) is 5.32 Å². The van der Waals surface area contributed by atoms with Gasteiger partial charge in [-0.25, -0.2) is 0 Å². The van der Waals surface area contributed by atoms with Crippen LogP contribution in [-0.2, 0) is 4.74 Å². The van der Waals surface area contributed by atoms with Gasteiger partial charge in [0.2, 0.25) is 0 Å². The highest BCUT2D eigenvalue weighted by Crippen LogP contribution is 2.15. The predicted octanol–water partition coefficient (Wildman–Crippen LogP) is 1.82. The molecule has 1 aromatic carbocycles. The molecular formula is C15H23NO3. The van der Waals surface area contributed by atoms with Crippen LogP contribution < -0.4 is 5.32 Å². The quantitative estimate of drug-likeness (QED) is 0.825. The highest BCUT2D eigenvalue weighted by Gasteiger charge is 2.26. The van der Waals surface area contributed by atoms with Crippen molar-refractivity contribution in [3.63, 3.8) is 0 Å². The molecule has 0 fully saturated rings. The van der Waals surface area contributed by atoms with Crippen LogP contribution in [0, 0.1) is 13.8 Å². The molecule has 4 heteroatoms. The average Bonchev–Trinajstić information content (AvgIpc) is 2.28. The summed E-state index contributed by atoms with van der Waals surface area (Å²) in [5, 5.41) is 12.0. The molecule has 0 saturated heterocycles. The van der Waals surface area contributed by atoms with E-state index in [1.165, 1.54) is 0 Å². The van der Waals surface area contributed by atoms with Crippen LogP contribution in [0.4, 0.5) is 0 Å². The molecule has 0 bridgehead atoms. The fraction of sp³-hybridized carbons (Fsp3) is 0.533. The van der Waals surface area contributed by atoms with Crippen molar-refractivity contribution in [2.75, 3.05) is 20.3 Å².